The Balaban J connectivity index is 1.68. The summed E-state index contributed by atoms with van der Waals surface area (Å²) in [5.74, 6) is -0.140. The molecule has 1 aliphatic rings. The van der Waals surface area contributed by atoms with Crippen LogP contribution in [0.3, 0.4) is 0 Å². The van der Waals surface area contributed by atoms with Crippen LogP contribution in [0.15, 0.2) is 47.4 Å². The van der Waals surface area contributed by atoms with E-state index in [9.17, 15) is 9.59 Å². The zero-order valence-electron chi connectivity index (χ0n) is 14.0. The molecule has 0 heterocycles. The summed E-state index contributed by atoms with van der Waals surface area (Å²) in [6.07, 6.45) is 3.52. The molecule has 124 valence electrons. The molecule has 1 amide bonds. The molecule has 0 fully saturated rings. The van der Waals surface area contributed by atoms with Crippen LogP contribution in [0.1, 0.15) is 41.8 Å². The Labute approximate surface area is 146 Å². The molecule has 0 spiro atoms. The fraction of sp³-hybridized carbons (Fsp3) is 0.300. The van der Waals surface area contributed by atoms with E-state index in [1.807, 2.05) is 13.0 Å². The maximum atomic E-state index is 12.5. The Morgan fingerprint density at radius 1 is 1.08 bits per heavy atom. The van der Waals surface area contributed by atoms with Crippen LogP contribution in [0.2, 0.25) is 0 Å². The molecule has 3 nitrogen and oxygen atoms in total. The lowest BCUT2D eigenvalue weighted by Gasteiger charge is -2.14. The Hall–Kier alpha value is -2.07. The summed E-state index contributed by atoms with van der Waals surface area (Å²) in [6.45, 7) is 3.40. The van der Waals surface area contributed by atoms with E-state index in [4.69, 9.17) is 0 Å². The van der Waals surface area contributed by atoms with Crippen molar-refractivity contribution in [3.8, 4) is 0 Å². The molecule has 0 saturated carbocycles. The van der Waals surface area contributed by atoms with E-state index in [2.05, 4.69) is 23.5 Å². The third kappa shape index (κ3) is 3.70. The third-order valence-electron chi connectivity index (χ3n) is 4.32. The number of benzene rings is 2. The fourth-order valence-electron chi connectivity index (χ4n) is 3.01. The van der Waals surface area contributed by atoms with Crippen LogP contribution in [-0.2, 0) is 17.6 Å². The van der Waals surface area contributed by atoms with Crippen LogP contribution in [0.4, 0.5) is 5.69 Å². The maximum absolute atomic E-state index is 12.5. The van der Waals surface area contributed by atoms with Gasteiger partial charge in [0.1, 0.15) is 0 Å². The van der Waals surface area contributed by atoms with Gasteiger partial charge in [0.05, 0.1) is 10.9 Å². The van der Waals surface area contributed by atoms with Gasteiger partial charge in [-0.2, -0.15) is 0 Å². The second-order valence-corrected chi connectivity index (χ2v) is 7.55. The molecule has 1 aliphatic carbocycles. The van der Waals surface area contributed by atoms with Crippen LogP contribution in [0.5, 0.6) is 0 Å². The van der Waals surface area contributed by atoms with Gasteiger partial charge in [-0.25, -0.2) is 0 Å². The number of ketones is 1. The minimum Gasteiger partial charge on any atom is -0.324 e. The molecule has 0 unspecified atom stereocenters. The molecule has 3 rings (SSSR count). The monoisotopic (exact) mass is 339 g/mol. The number of rotatable bonds is 5. The molecule has 0 aliphatic heterocycles. The van der Waals surface area contributed by atoms with Crippen molar-refractivity contribution in [2.24, 2.45) is 0 Å². The van der Waals surface area contributed by atoms with Gasteiger partial charge in [-0.3, -0.25) is 9.59 Å². The van der Waals surface area contributed by atoms with E-state index in [0.717, 1.165) is 17.7 Å². The fourth-order valence-corrected chi connectivity index (χ4v) is 3.94. The number of amides is 1. The van der Waals surface area contributed by atoms with Crippen LogP contribution < -0.4 is 5.32 Å². The number of aryl methyl sites for hydroxylation is 2. The van der Waals surface area contributed by atoms with Gasteiger partial charge in [-0.05, 0) is 68.5 Å². The predicted octanol–water partition coefficient (Wildman–Crippen LogP) is 4.50. The van der Waals surface area contributed by atoms with Gasteiger partial charge in [0.2, 0.25) is 5.91 Å². The highest BCUT2D eigenvalue weighted by Gasteiger charge is 2.18. The summed E-state index contributed by atoms with van der Waals surface area (Å²) >= 11 is 1.55. The number of hydrogen-bond donors (Lipinski definition) is 1. The first kappa shape index (κ1) is 16.8. The van der Waals surface area contributed by atoms with Gasteiger partial charge >= 0.3 is 0 Å². The normalized spacial score (nSPS) is 14.1. The van der Waals surface area contributed by atoms with Gasteiger partial charge in [-0.1, -0.05) is 18.2 Å². The van der Waals surface area contributed by atoms with Crippen LogP contribution >= 0.6 is 11.8 Å². The highest BCUT2D eigenvalue weighted by molar-refractivity contribution is 8.00. The van der Waals surface area contributed by atoms with E-state index < -0.39 is 0 Å². The molecule has 2 aromatic rings. The Bertz CT molecular complexity index is 785. The van der Waals surface area contributed by atoms with Gasteiger partial charge in [0.15, 0.2) is 5.78 Å². The number of anilines is 1. The molecule has 4 heteroatoms. The van der Waals surface area contributed by atoms with Crippen LogP contribution in [0.25, 0.3) is 0 Å². The van der Waals surface area contributed by atoms with E-state index in [1.54, 1.807) is 30.0 Å². The quantitative estimate of drug-likeness (QED) is 0.644. The number of hydrogen-bond acceptors (Lipinski definition) is 3. The number of carbonyl (C=O) groups is 2. The molecular formula is C20H21NO2S. The highest BCUT2D eigenvalue weighted by atomic mass is 32.2. The summed E-state index contributed by atoms with van der Waals surface area (Å²) < 4.78 is 0. The summed E-state index contributed by atoms with van der Waals surface area (Å²) in [5.41, 5.74) is 3.97. The van der Waals surface area contributed by atoms with Gasteiger partial charge in [0.25, 0.3) is 0 Å². The Kier molecular flexibility index (Phi) is 5.05. The van der Waals surface area contributed by atoms with Gasteiger partial charge < -0.3 is 5.32 Å². The van der Waals surface area contributed by atoms with Crippen LogP contribution in [-0.4, -0.2) is 16.9 Å². The maximum Gasteiger partial charge on any atom is 0.237 e. The van der Waals surface area contributed by atoms with Crippen molar-refractivity contribution in [3.05, 3.63) is 59.2 Å². The van der Waals surface area contributed by atoms with Crippen molar-refractivity contribution < 1.29 is 9.59 Å². The van der Waals surface area contributed by atoms with E-state index >= 15 is 0 Å². The lowest BCUT2D eigenvalue weighted by atomic mass is 10.1. The molecule has 1 atom stereocenters. The Morgan fingerprint density at radius 2 is 1.83 bits per heavy atom. The number of para-hydroxylation sites is 1. The van der Waals surface area contributed by atoms with E-state index in [0.29, 0.717) is 11.3 Å². The lowest BCUT2D eigenvalue weighted by Crippen LogP contribution is -2.23. The number of fused-ring (bicyclic) bond motifs is 1. The van der Waals surface area contributed by atoms with E-state index in [1.165, 1.54) is 24.5 Å². The smallest absolute Gasteiger partial charge is 0.237 e. The molecular weight excluding hydrogens is 318 g/mol. The average molecular weight is 339 g/mol. The zero-order valence-corrected chi connectivity index (χ0v) is 14.8. The minimum atomic E-state index is -0.232. The van der Waals surface area contributed by atoms with Crippen molar-refractivity contribution >= 4 is 29.1 Å². The lowest BCUT2D eigenvalue weighted by molar-refractivity contribution is -0.115. The molecule has 0 aromatic heterocycles. The standard InChI is InChI=1S/C20H21NO2S/c1-13(22)18-8-3-4-9-19(18)21-20(23)14(2)24-17-11-10-15-6-5-7-16(15)12-17/h3-4,8-12,14H,5-7H2,1-2H3,(H,21,23)/t14-/m1/s1. The molecule has 0 saturated heterocycles. The number of carbonyl (C=O) groups excluding carboxylic acids is 2. The summed E-state index contributed by atoms with van der Waals surface area (Å²) in [6, 6.07) is 13.6. The first-order valence-corrected chi connectivity index (χ1v) is 9.12. The van der Waals surface area contributed by atoms with Gasteiger partial charge in [0, 0.05) is 10.5 Å². The largest absolute Gasteiger partial charge is 0.324 e. The number of Topliss-reactive ketones (excluding diaryl/α,β-unsaturated/α-hetero) is 1. The topological polar surface area (TPSA) is 46.2 Å². The van der Waals surface area contributed by atoms with E-state index in [-0.39, 0.29) is 16.9 Å². The molecule has 1 N–H and O–H groups in total. The first-order valence-electron chi connectivity index (χ1n) is 8.24. The molecule has 2 aromatic carbocycles. The van der Waals surface area contributed by atoms with Crippen molar-refractivity contribution in [1.29, 1.82) is 0 Å². The predicted molar refractivity (Wildman–Crippen MR) is 98.9 cm³/mol. The first-order chi connectivity index (χ1) is 11.5. The van der Waals surface area contributed by atoms with Crippen molar-refractivity contribution in [3.63, 3.8) is 0 Å². The highest BCUT2D eigenvalue weighted by Crippen LogP contribution is 2.30. The average Bonchev–Trinajstić information content (AvgIpc) is 3.02. The molecule has 0 radical (unpaired) electrons. The zero-order chi connectivity index (χ0) is 17.1. The second-order valence-electron chi connectivity index (χ2n) is 6.14. The molecule has 0 bridgehead atoms. The van der Waals surface area contributed by atoms with Crippen LogP contribution in [0, 0.1) is 0 Å². The van der Waals surface area contributed by atoms with Crippen molar-refractivity contribution in [1.82, 2.24) is 0 Å². The SMILES string of the molecule is CC(=O)c1ccccc1NC(=O)[C@@H](C)Sc1ccc2c(c1)CCC2. The van der Waals surface area contributed by atoms with Gasteiger partial charge in [-0.15, -0.1) is 11.8 Å². The summed E-state index contributed by atoms with van der Waals surface area (Å²) in [4.78, 5) is 25.3. The Morgan fingerprint density at radius 3 is 2.62 bits per heavy atom. The number of nitrogens with one attached hydrogen (secondary N) is 1. The third-order valence-corrected chi connectivity index (χ3v) is 5.41. The second kappa shape index (κ2) is 7.22. The summed E-state index contributed by atoms with van der Waals surface area (Å²) in [5, 5.41) is 2.65. The minimum absolute atomic E-state index is 0.0511. The van der Waals surface area contributed by atoms with Crippen molar-refractivity contribution in [2.45, 2.75) is 43.3 Å². The number of thioether (sulfide) groups is 1. The summed E-state index contributed by atoms with van der Waals surface area (Å²) in [7, 11) is 0. The van der Waals surface area contributed by atoms with Crippen molar-refractivity contribution in [2.75, 3.05) is 5.32 Å². The molecule has 24 heavy (non-hydrogen) atoms.